The number of benzene rings is 2. The Morgan fingerprint density at radius 1 is 1.08 bits per heavy atom. The molecule has 2 aromatic carbocycles. The van der Waals surface area contributed by atoms with Gasteiger partial charge in [-0.2, -0.15) is 0 Å². The molecule has 2 rings (SSSR count). The first-order valence-corrected chi connectivity index (χ1v) is 10.7. The second-order valence-electron chi connectivity index (χ2n) is 6.64. The quantitative estimate of drug-likeness (QED) is 0.699. The van der Waals surface area contributed by atoms with Crippen LogP contribution in [0.15, 0.2) is 58.3 Å². The second kappa shape index (κ2) is 8.43. The summed E-state index contributed by atoms with van der Waals surface area (Å²) >= 11 is 7.18. The lowest BCUT2D eigenvalue weighted by molar-refractivity contribution is -0.113. The van der Waals surface area contributed by atoms with E-state index in [1.807, 2.05) is 12.1 Å². The Bertz CT molecular complexity index is 876. The van der Waals surface area contributed by atoms with Crippen molar-refractivity contribution in [1.29, 1.82) is 0 Å². The van der Waals surface area contributed by atoms with E-state index < -0.39 is 15.6 Å². The molecule has 0 aromatic heterocycles. The minimum atomic E-state index is -3.75. The van der Waals surface area contributed by atoms with Crippen LogP contribution in [0, 0.1) is 0 Å². The van der Waals surface area contributed by atoms with Crippen molar-refractivity contribution in [2.24, 2.45) is 0 Å². The van der Waals surface area contributed by atoms with Gasteiger partial charge in [-0.15, -0.1) is 11.8 Å². The first-order chi connectivity index (χ1) is 12.1. The smallest absolute Gasteiger partial charge is 0.243 e. The molecular weight excluding hydrogens is 392 g/mol. The first kappa shape index (κ1) is 20.8. The Kier molecular flexibility index (Phi) is 6.74. The molecule has 0 fully saturated rings. The van der Waals surface area contributed by atoms with Crippen molar-refractivity contribution >= 4 is 45.0 Å². The largest absolute Gasteiger partial charge is 0.324 e. The van der Waals surface area contributed by atoms with E-state index in [0.717, 1.165) is 4.90 Å². The predicted octanol–water partition coefficient (Wildman–Crippen LogP) is 4.15. The van der Waals surface area contributed by atoms with Gasteiger partial charge in [0, 0.05) is 15.5 Å². The zero-order valence-electron chi connectivity index (χ0n) is 14.7. The average Bonchev–Trinajstić information content (AvgIpc) is 2.52. The zero-order chi connectivity index (χ0) is 19.4. The third-order valence-corrected chi connectivity index (χ3v) is 6.15. The van der Waals surface area contributed by atoms with E-state index in [9.17, 15) is 13.2 Å². The molecule has 5 nitrogen and oxygen atoms in total. The molecule has 0 saturated carbocycles. The van der Waals surface area contributed by atoms with Crippen molar-refractivity contribution in [2.75, 3.05) is 11.1 Å². The van der Waals surface area contributed by atoms with E-state index in [-0.39, 0.29) is 22.2 Å². The van der Waals surface area contributed by atoms with E-state index in [0.29, 0.717) is 5.02 Å². The van der Waals surface area contributed by atoms with E-state index in [2.05, 4.69) is 10.0 Å². The number of nitrogens with one attached hydrogen (secondary N) is 2. The molecule has 0 aliphatic carbocycles. The highest BCUT2D eigenvalue weighted by Crippen LogP contribution is 2.24. The normalized spacial score (nSPS) is 12.0. The fraction of sp³-hybridized carbons (Fsp3) is 0.278. The van der Waals surface area contributed by atoms with Gasteiger partial charge in [-0.05, 0) is 57.2 Å². The maximum atomic E-state index is 12.6. The van der Waals surface area contributed by atoms with Crippen LogP contribution in [-0.2, 0) is 14.8 Å². The average molecular weight is 413 g/mol. The van der Waals surface area contributed by atoms with Crippen LogP contribution in [0.2, 0.25) is 5.02 Å². The number of hydrogen-bond donors (Lipinski definition) is 2. The fourth-order valence-corrected chi connectivity index (χ4v) is 4.54. The second-order valence-corrected chi connectivity index (χ2v) is 9.78. The molecule has 1 amide bonds. The number of carbonyl (C=O) groups excluding carboxylic acids is 1. The molecule has 0 bridgehead atoms. The van der Waals surface area contributed by atoms with E-state index in [1.165, 1.54) is 17.8 Å². The van der Waals surface area contributed by atoms with Crippen LogP contribution < -0.4 is 10.0 Å². The van der Waals surface area contributed by atoms with E-state index in [4.69, 9.17) is 11.6 Å². The van der Waals surface area contributed by atoms with Crippen molar-refractivity contribution < 1.29 is 13.2 Å². The SMILES string of the molecule is CC(C)(C)NS(=O)(=O)c1ccccc1NC(=O)CSc1ccc(Cl)cc1. The van der Waals surface area contributed by atoms with Crippen LogP contribution in [0.25, 0.3) is 0 Å². The van der Waals surface area contributed by atoms with Gasteiger partial charge in [-0.25, -0.2) is 13.1 Å². The van der Waals surface area contributed by atoms with Crippen molar-refractivity contribution in [1.82, 2.24) is 4.72 Å². The van der Waals surface area contributed by atoms with Crippen LogP contribution in [0.1, 0.15) is 20.8 Å². The Morgan fingerprint density at radius 3 is 2.31 bits per heavy atom. The summed E-state index contributed by atoms with van der Waals surface area (Å²) in [7, 11) is -3.75. The molecule has 0 aliphatic rings. The molecule has 0 atom stereocenters. The molecule has 8 heteroatoms. The van der Waals surface area contributed by atoms with Crippen LogP contribution in [0.4, 0.5) is 5.69 Å². The van der Waals surface area contributed by atoms with Gasteiger partial charge in [0.25, 0.3) is 0 Å². The summed E-state index contributed by atoms with van der Waals surface area (Å²) in [5, 5.41) is 3.31. The van der Waals surface area contributed by atoms with Gasteiger partial charge >= 0.3 is 0 Å². The summed E-state index contributed by atoms with van der Waals surface area (Å²) in [6, 6.07) is 13.5. The monoisotopic (exact) mass is 412 g/mol. The molecule has 140 valence electrons. The number of rotatable bonds is 6. The Labute approximate surface area is 163 Å². The number of thioether (sulfide) groups is 1. The lowest BCUT2D eigenvalue weighted by Crippen LogP contribution is -2.40. The third kappa shape index (κ3) is 6.32. The maximum Gasteiger partial charge on any atom is 0.243 e. The number of para-hydroxylation sites is 1. The number of sulfonamides is 1. The van der Waals surface area contributed by atoms with Crippen molar-refractivity contribution in [3.63, 3.8) is 0 Å². The van der Waals surface area contributed by atoms with E-state index in [1.54, 1.807) is 51.1 Å². The predicted molar refractivity (Wildman–Crippen MR) is 107 cm³/mol. The van der Waals surface area contributed by atoms with Crippen LogP contribution in [0.5, 0.6) is 0 Å². The molecular formula is C18H21ClN2O3S2. The van der Waals surface area contributed by atoms with Crippen LogP contribution >= 0.6 is 23.4 Å². The highest BCUT2D eigenvalue weighted by Gasteiger charge is 2.24. The van der Waals surface area contributed by atoms with Gasteiger partial charge in [0.1, 0.15) is 4.90 Å². The Morgan fingerprint density at radius 2 is 1.69 bits per heavy atom. The summed E-state index contributed by atoms with van der Waals surface area (Å²) in [6.45, 7) is 5.28. The number of carbonyl (C=O) groups is 1. The minimum Gasteiger partial charge on any atom is -0.324 e. The van der Waals surface area contributed by atoms with Crippen molar-refractivity contribution in [2.45, 2.75) is 36.1 Å². The molecule has 2 aromatic rings. The molecule has 0 heterocycles. The summed E-state index contributed by atoms with van der Waals surface area (Å²) < 4.78 is 27.8. The molecule has 0 saturated heterocycles. The van der Waals surface area contributed by atoms with Gasteiger partial charge in [0.2, 0.25) is 15.9 Å². The molecule has 0 spiro atoms. The van der Waals surface area contributed by atoms with Crippen molar-refractivity contribution in [3.8, 4) is 0 Å². The highest BCUT2D eigenvalue weighted by atomic mass is 35.5. The van der Waals surface area contributed by atoms with E-state index >= 15 is 0 Å². The highest BCUT2D eigenvalue weighted by molar-refractivity contribution is 8.00. The van der Waals surface area contributed by atoms with Gasteiger partial charge in [-0.3, -0.25) is 4.79 Å². The first-order valence-electron chi connectivity index (χ1n) is 7.88. The summed E-state index contributed by atoms with van der Waals surface area (Å²) in [5.74, 6) is -0.133. The van der Waals surface area contributed by atoms with Gasteiger partial charge in [0.05, 0.1) is 11.4 Å². The minimum absolute atomic E-state index is 0.0415. The standard InChI is InChI=1S/C18H21ClN2O3S2/c1-18(2,3)21-26(23,24)16-7-5-4-6-15(16)20-17(22)12-25-14-10-8-13(19)9-11-14/h4-11,21H,12H2,1-3H3,(H,20,22). The molecule has 0 aliphatic heterocycles. The van der Waals surface area contributed by atoms with Gasteiger partial charge in [0.15, 0.2) is 0 Å². The maximum absolute atomic E-state index is 12.6. The summed E-state index contributed by atoms with van der Waals surface area (Å²) in [5.41, 5.74) is -0.369. The summed E-state index contributed by atoms with van der Waals surface area (Å²) in [4.78, 5) is 13.2. The molecule has 0 radical (unpaired) electrons. The topological polar surface area (TPSA) is 75.3 Å². The number of halogens is 1. The lowest BCUT2D eigenvalue weighted by Gasteiger charge is -2.21. The van der Waals surface area contributed by atoms with Gasteiger partial charge in [-0.1, -0.05) is 23.7 Å². The van der Waals surface area contributed by atoms with Crippen LogP contribution in [0.3, 0.4) is 0 Å². The Hall–Kier alpha value is -1.54. The lowest BCUT2D eigenvalue weighted by atomic mass is 10.1. The molecule has 0 unspecified atom stereocenters. The third-order valence-electron chi connectivity index (χ3n) is 3.07. The number of amides is 1. The fourth-order valence-electron chi connectivity index (χ4n) is 2.13. The van der Waals surface area contributed by atoms with Crippen LogP contribution in [-0.4, -0.2) is 25.6 Å². The van der Waals surface area contributed by atoms with Gasteiger partial charge < -0.3 is 5.32 Å². The van der Waals surface area contributed by atoms with Crippen molar-refractivity contribution in [3.05, 3.63) is 53.6 Å². The Balaban J connectivity index is 2.09. The zero-order valence-corrected chi connectivity index (χ0v) is 17.1. The molecule has 26 heavy (non-hydrogen) atoms. The number of anilines is 1. The summed E-state index contributed by atoms with van der Waals surface area (Å²) in [6.07, 6.45) is 0. The number of hydrogen-bond acceptors (Lipinski definition) is 4. The molecule has 2 N–H and O–H groups in total.